The van der Waals surface area contributed by atoms with Crippen molar-refractivity contribution in [3.05, 3.63) is 67.8 Å². The van der Waals surface area contributed by atoms with Crippen LogP contribution >= 0.6 is 11.6 Å². The number of aryl methyl sites for hydroxylation is 1. The molecule has 1 aliphatic rings. The van der Waals surface area contributed by atoms with Crippen molar-refractivity contribution in [2.75, 3.05) is 6.61 Å². The molecule has 1 aliphatic heterocycles. The van der Waals surface area contributed by atoms with Gasteiger partial charge in [-0.1, -0.05) is 28.5 Å². The van der Waals surface area contributed by atoms with Crippen molar-refractivity contribution >= 4 is 32.3 Å². The molecule has 4 rings (SSSR count). The Bertz CT molecular complexity index is 1340. The van der Waals surface area contributed by atoms with Gasteiger partial charge in [0.15, 0.2) is 0 Å². The maximum Gasteiger partial charge on any atom is 0.362 e. The fraction of sp³-hybridized carbons (Fsp3) is 0.300. The molecular formula is C20H19ClN2O6S. The molecule has 0 amide bonds. The molecule has 8 nitrogen and oxygen atoms in total. The third-order valence-corrected chi connectivity index (χ3v) is 6.99. The SMILES string of the molecule is Cc1cccc(S(=O)(=O)c2ccc(Cl)c3c(=O)n(OC4CCCCO4)c(=O)[nH]c23)c1. The van der Waals surface area contributed by atoms with Crippen LogP contribution in [0.4, 0.5) is 0 Å². The van der Waals surface area contributed by atoms with E-state index in [1.54, 1.807) is 19.1 Å². The van der Waals surface area contributed by atoms with E-state index in [0.29, 0.717) is 17.8 Å². The molecule has 1 fully saturated rings. The highest BCUT2D eigenvalue weighted by Gasteiger charge is 2.26. The second-order valence-electron chi connectivity index (χ2n) is 7.05. The first kappa shape index (κ1) is 20.6. The average molecular weight is 451 g/mol. The van der Waals surface area contributed by atoms with Crippen molar-refractivity contribution in [3.63, 3.8) is 0 Å². The lowest BCUT2D eigenvalue weighted by molar-refractivity contribution is -0.169. The highest BCUT2D eigenvalue weighted by molar-refractivity contribution is 7.91. The van der Waals surface area contributed by atoms with Crippen LogP contribution in [0.2, 0.25) is 5.02 Å². The molecule has 0 saturated carbocycles. The van der Waals surface area contributed by atoms with E-state index in [0.717, 1.165) is 18.4 Å². The lowest BCUT2D eigenvalue weighted by atomic mass is 10.2. The van der Waals surface area contributed by atoms with Gasteiger partial charge in [0, 0.05) is 6.42 Å². The van der Waals surface area contributed by atoms with Gasteiger partial charge in [-0.25, -0.2) is 13.2 Å². The van der Waals surface area contributed by atoms with Crippen LogP contribution in [0, 0.1) is 6.92 Å². The summed E-state index contributed by atoms with van der Waals surface area (Å²) >= 11 is 6.21. The van der Waals surface area contributed by atoms with Crippen molar-refractivity contribution in [3.8, 4) is 0 Å². The van der Waals surface area contributed by atoms with Crippen LogP contribution in [-0.4, -0.2) is 31.0 Å². The second-order valence-corrected chi connectivity index (χ2v) is 9.37. The smallest absolute Gasteiger partial charge is 0.362 e. The fourth-order valence-corrected chi connectivity index (χ4v) is 5.14. The largest absolute Gasteiger partial charge is 0.374 e. The van der Waals surface area contributed by atoms with Crippen molar-refractivity contribution in [1.82, 2.24) is 9.71 Å². The Morgan fingerprint density at radius 3 is 2.70 bits per heavy atom. The first-order chi connectivity index (χ1) is 14.3. The zero-order chi connectivity index (χ0) is 21.5. The molecule has 0 radical (unpaired) electrons. The molecule has 158 valence electrons. The average Bonchev–Trinajstić information content (AvgIpc) is 2.71. The Morgan fingerprint density at radius 1 is 1.20 bits per heavy atom. The number of sulfone groups is 1. The molecule has 1 aromatic heterocycles. The van der Waals surface area contributed by atoms with Crippen LogP contribution < -0.4 is 16.1 Å². The molecule has 1 unspecified atom stereocenters. The number of halogens is 1. The Morgan fingerprint density at radius 2 is 2.00 bits per heavy atom. The number of aromatic nitrogens is 2. The van der Waals surface area contributed by atoms with E-state index in [4.69, 9.17) is 21.2 Å². The topological polar surface area (TPSA) is 107 Å². The number of rotatable bonds is 4. The molecular weight excluding hydrogens is 432 g/mol. The van der Waals surface area contributed by atoms with Gasteiger partial charge in [-0.2, -0.15) is 0 Å². The maximum atomic E-state index is 13.2. The van der Waals surface area contributed by atoms with Gasteiger partial charge >= 0.3 is 5.69 Å². The van der Waals surface area contributed by atoms with Crippen molar-refractivity contribution in [1.29, 1.82) is 0 Å². The molecule has 30 heavy (non-hydrogen) atoms. The monoisotopic (exact) mass is 450 g/mol. The van der Waals surface area contributed by atoms with Crippen molar-refractivity contribution in [2.45, 2.75) is 42.3 Å². The second kappa shape index (κ2) is 7.90. The Balaban J connectivity index is 1.91. The molecule has 3 aromatic rings. The first-order valence-electron chi connectivity index (χ1n) is 9.37. The summed E-state index contributed by atoms with van der Waals surface area (Å²) in [5.41, 5.74) is -1.17. The molecule has 2 aromatic carbocycles. The molecule has 1 N–H and O–H groups in total. The van der Waals surface area contributed by atoms with E-state index in [1.807, 2.05) is 0 Å². The van der Waals surface area contributed by atoms with Gasteiger partial charge in [0.25, 0.3) is 5.56 Å². The summed E-state index contributed by atoms with van der Waals surface area (Å²) in [5, 5.41) is -0.155. The van der Waals surface area contributed by atoms with Gasteiger partial charge in [0.1, 0.15) is 0 Å². The Kier molecular flexibility index (Phi) is 5.44. The standard InChI is InChI=1S/C20H19ClN2O6S/c1-12-5-4-6-13(11-12)30(26,27)15-9-8-14(21)17-18(15)22-20(25)23(19(17)24)29-16-7-2-3-10-28-16/h4-6,8-9,11,16H,2-3,7,10H2,1H3,(H,22,25). The van der Waals surface area contributed by atoms with Gasteiger partial charge in [-0.15, -0.1) is 0 Å². The van der Waals surface area contributed by atoms with Gasteiger partial charge in [0.2, 0.25) is 16.1 Å². The summed E-state index contributed by atoms with van der Waals surface area (Å²) in [5.74, 6) is 0. The van der Waals surface area contributed by atoms with Crippen LogP contribution in [0.15, 0.2) is 55.8 Å². The highest BCUT2D eigenvalue weighted by atomic mass is 35.5. The van der Waals surface area contributed by atoms with Gasteiger partial charge in [-0.3, -0.25) is 4.79 Å². The van der Waals surface area contributed by atoms with Gasteiger partial charge in [0.05, 0.1) is 32.3 Å². The summed E-state index contributed by atoms with van der Waals surface area (Å²) in [4.78, 5) is 33.3. The number of benzene rings is 2. The van der Waals surface area contributed by atoms with E-state index in [-0.39, 0.29) is 25.7 Å². The minimum atomic E-state index is -4.02. The van der Waals surface area contributed by atoms with E-state index >= 15 is 0 Å². The van der Waals surface area contributed by atoms with E-state index < -0.39 is 27.4 Å². The number of nitrogens with zero attached hydrogens (tertiary/aromatic N) is 1. The van der Waals surface area contributed by atoms with Crippen LogP contribution in [-0.2, 0) is 14.6 Å². The summed E-state index contributed by atoms with van der Waals surface area (Å²) in [6.07, 6.45) is 1.49. The summed E-state index contributed by atoms with van der Waals surface area (Å²) in [6.45, 7) is 2.23. The molecule has 0 aliphatic carbocycles. The fourth-order valence-electron chi connectivity index (χ4n) is 3.38. The number of ether oxygens (including phenoxy) is 1. The van der Waals surface area contributed by atoms with Crippen LogP contribution in [0.25, 0.3) is 10.9 Å². The van der Waals surface area contributed by atoms with Crippen LogP contribution in [0.3, 0.4) is 0 Å². The van der Waals surface area contributed by atoms with E-state index in [1.165, 1.54) is 24.3 Å². The highest BCUT2D eigenvalue weighted by Crippen LogP contribution is 2.29. The predicted molar refractivity (Wildman–Crippen MR) is 111 cm³/mol. The lowest BCUT2D eigenvalue weighted by Gasteiger charge is -2.23. The predicted octanol–water partition coefficient (Wildman–Crippen LogP) is 2.44. The van der Waals surface area contributed by atoms with Gasteiger partial charge < -0.3 is 14.6 Å². The molecule has 2 heterocycles. The molecule has 0 spiro atoms. The molecule has 1 atom stereocenters. The third kappa shape index (κ3) is 3.64. The zero-order valence-electron chi connectivity index (χ0n) is 16.1. The summed E-state index contributed by atoms with van der Waals surface area (Å²) < 4.78 is 32.4. The van der Waals surface area contributed by atoms with Crippen LogP contribution in [0.5, 0.6) is 0 Å². The van der Waals surface area contributed by atoms with Gasteiger partial charge in [-0.05, 0) is 49.6 Å². The quantitative estimate of drug-likeness (QED) is 0.654. The summed E-state index contributed by atoms with van der Waals surface area (Å²) in [7, 11) is -4.02. The zero-order valence-corrected chi connectivity index (χ0v) is 17.6. The molecule has 10 heteroatoms. The van der Waals surface area contributed by atoms with Crippen LogP contribution in [0.1, 0.15) is 24.8 Å². The van der Waals surface area contributed by atoms with E-state index in [2.05, 4.69) is 4.98 Å². The maximum absolute atomic E-state index is 13.2. The number of H-pyrrole nitrogens is 1. The first-order valence-corrected chi connectivity index (χ1v) is 11.2. The summed E-state index contributed by atoms with van der Waals surface area (Å²) in [6, 6.07) is 8.93. The lowest BCUT2D eigenvalue weighted by Crippen LogP contribution is -2.45. The Hall–Kier alpha value is -2.62. The Labute approximate surface area is 176 Å². The number of hydrogen-bond donors (Lipinski definition) is 1. The number of nitrogens with one attached hydrogen (secondary N) is 1. The third-order valence-electron chi connectivity index (χ3n) is 4.88. The minimum Gasteiger partial charge on any atom is -0.374 e. The molecule has 1 saturated heterocycles. The normalized spacial score (nSPS) is 17.2. The molecule has 0 bridgehead atoms. The van der Waals surface area contributed by atoms with Crippen molar-refractivity contribution in [2.24, 2.45) is 0 Å². The minimum absolute atomic E-state index is 0.00338. The number of hydrogen-bond acceptors (Lipinski definition) is 6. The number of fused-ring (bicyclic) bond motifs is 1. The number of aromatic amines is 1. The van der Waals surface area contributed by atoms with Crippen molar-refractivity contribution < 1.29 is 18.0 Å². The van der Waals surface area contributed by atoms with E-state index in [9.17, 15) is 18.0 Å².